The second-order valence-electron chi connectivity index (χ2n) is 5.70. The van der Waals surface area contributed by atoms with Crippen molar-refractivity contribution < 1.29 is 13.9 Å². The molecule has 23 heavy (non-hydrogen) atoms. The van der Waals surface area contributed by atoms with Gasteiger partial charge in [-0.3, -0.25) is 4.79 Å². The topological polar surface area (TPSA) is 26.3 Å². The Bertz CT molecular complexity index is 637. The van der Waals surface area contributed by atoms with Crippen molar-refractivity contribution in [1.29, 1.82) is 0 Å². The van der Waals surface area contributed by atoms with Gasteiger partial charge in [-0.1, -0.05) is 62.2 Å². The predicted octanol–water partition coefficient (Wildman–Crippen LogP) is 5.33. The highest BCUT2D eigenvalue weighted by molar-refractivity contribution is 5.78. The molecule has 0 amide bonds. The minimum absolute atomic E-state index is 0.298. The molecule has 0 radical (unpaired) electrons. The zero-order valence-electron chi connectivity index (χ0n) is 13.7. The Balaban J connectivity index is 2.06. The number of unbranched alkanes of at least 4 members (excludes halogenated alkanes) is 2. The molecule has 0 spiro atoms. The summed E-state index contributed by atoms with van der Waals surface area (Å²) >= 11 is 0. The van der Waals surface area contributed by atoms with E-state index in [2.05, 4.69) is 6.92 Å². The lowest BCUT2D eigenvalue weighted by Crippen LogP contribution is -2.14. The van der Waals surface area contributed by atoms with E-state index in [4.69, 9.17) is 4.74 Å². The Morgan fingerprint density at radius 3 is 2.52 bits per heavy atom. The summed E-state index contributed by atoms with van der Waals surface area (Å²) in [5.41, 5.74) is 2.01. The molecule has 0 fully saturated rings. The average molecular weight is 314 g/mol. The van der Waals surface area contributed by atoms with Gasteiger partial charge >= 0.3 is 5.97 Å². The molecule has 0 bridgehead atoms. The van der Waals surface area contributed by atoms with Crippen molar-refractivity contribution in [3.05, 3.63) is 59.9 Å². The summed E-state index contributed by atoms with van der Waals surface area (Å²) in [6.45, 7) is 4.28. The largest absolute Gasteiger partial charge is 0.465 e. The Morgan fingerprint density at radius 1 is 1.13 bits per heavy atom. The van der Waals surface area contributed by atoms with E-state index >= 15 is 0 Å². The van der Waals surface area contributed by atoms with Crippen LogP contribution >= 0.6 is 0 Å². The standard InChI is InChI=1S/C20H23FO2/c1-3-4-8-13-23-20(22)15(2)17-11-12-18(19(21)14-17)16-9-6-5-7-10-16/h5-7,9-12,14-15H,3-4,8,13H2,1-2H3. The van der Waals surface area contributed by atoms with Crippen LogP contribution in [0.4, 0.5) is 4.39 Å². The number of carbonyl (C=O) groups is 1. The second-order valence-corrected chi connectivity index (χ2v) is 5.70. The monoisotopic (exact) mass is 314 g/mol. The second kappa shape index (κ2) is 8.47. The molecule has 0 N–H and O–H groups in total. The molecule has 0 aliphatic carbocycles. The third-order valence-electron chi connectivity index (χ3n) is 3.92. The van der Waals surface area contributed by atoms with Crippen LogP contribution in [0.3, 0.4) is 0 Å². The SMILES string of the molecule is CCCCCOC(=O)C(C)c1ccc(-c2ccccc2)c(F)c1. The Labute approximate surface area is 137 Å². The lowest BCUT2D eigenvalue weighted by molar-refractivity contribution is -0.145. The first-order valence-corrected chi connectivity index (χ1v) is 8.15. The molecule has 0 aliphatic rings. The molecule has 122 valence electrons. The quantitative estimate of drug-likeness (QED) is 0.510. The highest BCUT2D eigenvalue weighted by Crippen LogP contribution is 2.26. The summed E-state index contributed by atoms with van der Waals surface area (Å²) < 4.78 is 19.6. The Kier molecular flexibility index (Phi) is 6.33. The van der Waals surface area contributed by atoms with Crippen LogP contribution in [0.2, 0.25) is 0 Å². The van der Waals surface area contributed by atoms with Gasteiger partial charge in [0.2, 0.25) is 0 Å². The average Bonchev–Trinajstić information content (AvgIpc) is 2.58. The van der Waals surface area contributed by atoms with Crippen molar-refractivity contribution in [1.82, 2.24) is 0 Å². The van der Waals surface area contributed by atoms with Crippen molar-refractivity contribution >= 4 is 5.97 Å². The highest BCUT2D eigenvalue weighted by atomic mass is 19.1. The summed E-state index contributed by atoms with van der Waals surface area (Å²) in [7, 11) is 0. The molecule has 0 aliphatic heterocycles. The minimum atomic E-state index is -0.462. The first kappa shape index (κ1) is 17.2. The number of hydrogen-bond donors (Lipinski definition) is 0. The van der Waals surface area contributed by atoms with Gasteiger partial charge in [0.05, 0.1) is 12.5 Å². The van der Waals surface area contributed by atoms with Crippen molar-refractivity contribution in [2.24, 2.45) is 0 Å². The van der Waals surface area contributed by atoms with Gasteiger partial charge < -0.3 is 4.74 Å². The summed E-state index contributed by atoms with van der Waals surface area (Å²) in [6.07, 6.45) is 3.00. The molecule has 2 rings (SSSR count). The van der Waals surface area contributed by atoms with Crippen molar-refractivity contribution in [2.45, 2.75) is 39.0 Å². The van der Waals surface area contributed by atoms with E-state index < -0.39 is 5.92 Å². The van der Waals surface area contributed by atoms with Gasteiger partial charge in [0, 0.05) is 5.56 Å². The van der Waals surface area contributed by atoms with E-state index in [0.29, 0.717) is 17.7 Å². The molecular formula is C20H23FO2. The van der Waals surface area contributed by atoms with Gasteiger partial charge in [-0.15, -0.1) is 0 Å². The van der Waals surface area contributed by atoms with Gasteiger partial charge in [0.1, 0.15) is 5.82 Å². The fourth-order valence-electron chi connectivity index (χ4n) is 2.44. The molecule has 0 aromatic heterocycles. The first-order valence-electron chi connectivity index (χ1n) is 8.15. The number of esters is 1. The maximum absolute atomic E-state index is 14.4. The number of rotatable bonds is 7. The highest BCUT2D eigenvalue weighted by Gasteiger charge is 2.18. The normalized spacial score (nSPS) is 12.0. The van der Waals surface area contributed by atoms with Crippen LogP contribution in [-0.4, -0.2) is 12.6 Å². The van der Waals surface area contributed by atoms with Crippen molar-refractivity contribution in [2.75, 3.05) is 6.61 Å². The minimum Gasteiger partial charge on any atom is -0.465 e. The molecule has 0 saturated carbocycles. The summed E-state index contributed by atoms with van der Waals surface area (Å²) in [4.78, 5) is 12.0. The van der Waals surface area contributed by atoms with Gasteiger partial charge in [-0.25, -0.2) is 4.39 Å². The summed E-state index contributed by atoms with van der Waals surface area (Å²) in [5.74, 6) is -1.08. The molecule has 1 unspecified atom stereocenters. The Morgan fingerprint density at radius 2 is 1.87 bits per heavy atom. The fraction of sp³-hybridized carbons (Fsp3) is 0.350. The summed E-state index contributed by atoms with van der Waals surface area (Å²) in [5, 5.41) is 0. The third-order valence-corrected chi connectivity index (χ3v) is 3.92. The van der Waals surface area contributed by atoms with Crippen LogP contribution in [0.15, 0.2) is 48.5 Å². The number of hydrogen-bond acceptors (Lipinski definition) is 2. The zero-order chi connectivity index (χ0) is 16.7. The molecule has 2 aromatic carbocycles. The van der Waals surface area contributed by atoms with Crippen LogP contribution in [0.1, 0.15) is 44.6 Å². The lowest BCUT2D eigenvalue weighted by atomic mass is 9.97. The van der Waals surface area contributed by atoms with E-state index in [1.54, 1.807) is 19.1 Å². The molecule has 3 heteroatoms. The number of carbonyl (C=O) groups excluding carboxylic acids is 1. The van der Waals surface area contributed by atoms with Crippen molar-refractivity contribution in [3.8, 4) is 11.1 Å². The maximum Gasteiger partial charge on any atom is 0.313 e. The number of ether oxygens (including phenoxy) is 1. The van der Waals surface area contributed by atoms with E-state index in [-0.39, 0.29) is 11.8 Å². The first-order chi connectivity index (χ1) is 11.1. The maximum atomic E-state index is 14.4. The molecular weight excluding hydrogens is 291 g/mol. The van der Waals surface area contributed by atoms with Gasteiger partial charge in [0.15, 0.2) is 0 Å². The van der Waals surface area contributed by atoms with Crippen LogP contribution in [0.25, 0.3) is 11.1 Å². The number of halogens is 1. The van der Waals surface area contributed by atoms with Gasteiger partial charge in [0.25, 0.3) is 0 Å². The number of benzene rings is 2. The third kappa shape index (κ3) is 4.65. The molecule has 2 aromatic rings. The summed E-state index contributed by atoms with van der Waals surface area (Å²) in [6, 6.07) is 14.3. The van der Waals surface area contributed by atoms with E-state index in [9.17, 15) is 9.18 Å². The van der Waals surface area contributed by atoms with Gasteiger partial charge in [-0.05, 0) is 30.5 Å². The van der Waals surface area contributed by atoms with E-state index in [1.807, 2.05) is 30.3 Å². The zero-order valence-corrected chi connectivity index (χ0v) is 13.7. The predicted molar refractivity (Wildman–Crippen MR) is 90.7 cm³/mol. The van der Waals surface area contributed by atoms with Gasteiger partial charge in [-0.2, -0.15) is 0 Å². The van der Waals surface area contributed by atoms with E-state index in [0.717, 1.165) is 24.8 Å². The van der Waals surface area contributed by atoms with Crippen LogP contribution < -0.4 is 0 Å². The molecule has 2 nitrogen and oxygen atoms in total. The van der Waals surface area contributed by atoms with Crippen molar-refractivity contribution in [3.63, 3.8) is 0 Å². The fourth-order valence-corrected chi connectivity index (χ4v) is 2.44. The molecule has 0 saturated heterocycles. The lowest BCUT2D eigenvalue weighted by Gasteiger charge is -2.13. The van der Waals surface area contributed by atoms with Crippen LogP contribution in [0, 0.1) is 5.82 Å². The van der Waals surface area contributed by atoms with Crippen LogP contribution in [-0.2, 0) is 9.53 Å². The van der Waals surface area contributed by atoms with E-state index in [1.165, 1.54) is 6.07 Å². The van der Waals surface area contributed by atoms with Crippen LogP contribution in [0.5, 0.6) is 0 Å². The molecule has 1 atom stereocenters. The molecule has 0 heterocycles. The Hall–Kier alpha value is -2.16. The smallest absolute Gasteiger partial charge is 0.313 e.